The lowest BCUT2D eigenvalue weighted by atomic mass is 9.95. The molecule has 2 aromatic carbocycles. The number of pyridine rings is 1. The summed E-state index contributed by atoms with van der Waals surface area (Å²) in [6.07, 6.45) is 7.08. The monoisotopic (exact) mass is 373 g/mol. The molecule has 0 aliphatic carbocycles. The van der Waals surface area contributed by atoms with Crippen molar-refractivity contribution in [2.75, 3.05) is 5.32 Å². The molecule has 0 atom stereocenters. The lowest BCUT2D eigenvalue weighted by Crippen LogP contribution is -2.39. The maximum Gasteiger partial charge on any atom is 0.290 e. The normalized spacial score (nSPS) is 10.8. The second-order valence-electron chi connectivity index (χ2n) is 7.18. The highest BCUT2D eigenvalue weighted by molar-refractivity contribution is 5.90. The molecule has 3 nitrogen and oxygen atoms in total. The summed E-state index contributed by atoms with van der Waals surface area (Å²) in [5.41, 5.74) is 4.58. The molecule has 1 heterocycles. The number of hydrogen-bond acceptors (Lipinski definition) is 1. The molecule has 0 fully saturated rings. The number of benzene rings is 2. The third-order valence-electron chi connectivity index (χ3n) is 5.23. The van der Waals surface area contributed by atoms with E-state index in [4.69, 9.17) is 0 Å². The van der Waals surface area contributed by atoms with Gasteiger partial charge in [-0.2, -0.15) is 4.57 Å². The third-order valence-corrected chi connectivity index (χ3v) is 5.23. The van der Waals surface area contributed by atoms with Gasteiger partial charge in [0.05, 0.1) is 0 Å². The molecule has 0 aliphatic heterocycles. The van der Waals surface area contributed by atoms with Crippen LogP contribution in [0.15, 0.2) is 79.1 Å². The predicted octanol–water partition coefficient (Wildman–Crippen LogP) is 5.11. The van der Waals surface area contributed by atoms with E-state index in [0.717, 1.165) is 30.5 Å². The van der Waals surface area contributed by atoms with Crippen molar-refractivity contribution in [3.05, 3.63) is 95.8 Å². The van der Waals surface area contributed by atoms with E-state index in [1.165, 1.54) is 11.1 Å². The summed E-state index contributed by atoms with van der Waals surface area (Å²) < 4.78 is 1.93. The van der Waals surface area contributed by atoms with Crippen LogP contribution in [0, 0.1) is 0 Å². The van der Waals surface area contributed by atoms with E-state index >= 15 is 0 Å². The number of carbonyl (C=O) groups excluding carboxylic acids is 1. The average molecular weight is 374 g/mol. The van der Waals surface area contributed by atoms with Gasteiger partial charge in [0.25, 0.3) is 5.91 Å². The molecule has 1 aromatic heterocycles. The Hall–Kier alpha value is -2.94. The predicted molar refractivity (Wildman–Crippen MR) is 114 cm³/mol. The number of amides is 1. The smallest absolute Gasteiger partial charge is 0.290 e. The zero-order chi connectivity index (χ0) is 19.8. The minimum Gasteiger partial charge on any atom is -0.320 e. The molecule has 0 aliphatic rings. The van der Waals surface area contributed by atoms with Gasteiger partial charge in [0, 0.05) is 17.8 Å². The quantitative estimate of drug-likeness (QED) is 0.547. The van der Waals surface area contributed by atoms with Crippen LogP contribution >= 0.6 is 0 Å². The minimum absolute atomic E-state index is 0.0132. The maximum atomic E-state index is 12.6. The van der Waals surface area contributed by atoms with Gasteiger partial charge in [-0.25, -0.2) is 0 Å². The van der Waals surface area contributed by atoms with Gasteiger partial charge in [-0.15, -0.1) is 0 Å². The summed E-state index contributed by atoms with van der Waals surface area (Å²) in [5, 5.41) is 3.08. The molecular weight excluding hydrogens is 344 g/mol. The first-order valence-corrected chi connectivity index (χ1v) is 10.1. The van der Waals surface area contributed by atoms with Crippen LogP contribution in [0.2, 0.25) is 0 Å². The highest BCUT2D eigenvalue weighted by atomic mass is 16.1. The highest BCUT2D eigenvalue weighted by Crippen LogP contribution is 2.21. The molecule has 3 heteroatoms. The Labute approximate surface area is 168 Å². The molecule has 3 aromatic rings. The maximum absolute atomic E-state index is 12.6. The summed E-state index contributed by atoms with van der Waals surface area (Å²) in [6.45, 7) is 4.74. The average Bonchev–Trinajstić information content (AvgIpc) is 2.72. The van der Waals surface area contributed by atoms with Crippen LogP contribution in [0.5, 0.6) is 0 Å². The molecule has 0 radical (unpaired) electrons. The van der Waals surface area contributed by atoms with Crippen LogP contribution in [0.4, 0.5) is 5.69 Å². The van der Waals surface area contributed by atoms with Crippen LogP contribution < -0.4 is 9.88 Å². The lowest BCUT2D eigenvalue weighted by Gasteiger charge is -2.12. The highest BCUT2D eigenvalue weighted by Gasteiger charge is 2.13. The Balaban J connectivity index is 1.65. The second-order valence-corrected chi connectivity index (χ2v) is 7.18. The zero-order valence-electron chi connectivity index (χ0n) is 16.8. The topological polar surface area (TPSA) is 33.0 Å². The van der Waals surface area contributed by atoms with Crippen molar-refractivity contribution in [3.8, 4) is 0 Å². The van der Waals surface area contributed by atoms with Crippen LogP contribution in [-0.4, -0.2) is 5.91 Å². The molecule has 144 valence electrons. The number of anilines is 1. The molecule has 0 saturated heterocycles. The number of rotatable bonds is 8. The van der Waals surface area contributed by atoms with Gasteiger partial charge in [0.1, 0.15) is 0 Å². The fraction of sp³-hybridized carbons (Fsp3) is 0.280. The minimum atomic E-state index is -0.0132. The Morgan fingerprint density at radius 1 is 0.893 bits per heavy atom. The Bertz CT molecular complexity index is 884. The molecular formula is C25H29N2O+. The molecule has 1 N–H and O–H groups in total. The number of carbonyl (C=O) groups is 1. The first-order valence-electron chi connectivity index (χ1n) is 10.1. The molecule has 1 amide bonds. The van der Waals surface area contributed by atoms with Gasteiger partial charge >= 0.3 is 0 Å². The van der Waals surface area contributed by atoms with E-state index in [-0.39, 0.29) is 5.91 Å². The molecule has 0 bridgehead atoms. The molecule has 0 spiro atoms. The number of nitrogens with one attached hydrogen (secondary N) is 1. The summed E-state index contributed by atoms with van der Waals surface area (Å²) in [4.78, 5) is 12.6. The van der Waals surface area contributed by atoms with E-state index in [1.54, 1.807) is 0 Å². The summed E-state index contributed by atoms with van der Waals surface area (Å²) >= 11 is 0. The second kappa shape index (κ2) is 9.84. The van der Waals surface area contributed by atoms with Gasteiger partial charge in [0.15, 0.2) is 12.4 Å². The van der Waals surface area contributed by atoms with Crippen molar-refractivity contribution in [1.82, 2.24) is 0 Å². The zero-order valence-corrected chi connectivity index (χ0v) is 16.8. The Morgan fingerprint density at radius 2 is 1.54 bits per heavy atom. The summed E-state index contributed by atoms with van der Waals surface area (Å²) in [7, 11) is 0. The molecule has 0 saturated carbocycles. The fourth-order valence-electron chi connectivity index (χ4n) is 3.57. The van der Waals surface area contributed by atoms with E-state index in [9.17, 15) is 4.79 Å². The first-order chi connectivity index (χ1) is 13.7. The van der Waals surface area contributed by atoms with Crippen LogP contribution in [0.1, 0.15) is 49.3 Å². The Kier molecular flexibility index (Phi) is 6.96. The summed E-state index contributed by atoms with van der Waals surface area (Å²) in [6, 6.07) is 22.6. The van der Waals surface area contributed by atoms with E-state index in [0.29, 0.717) is 12.5 Å². The van der Waals surface area contributed by atoms with Gasteiger partial charge in [-0.3, -0.25) is 4.79 Å². The number of nitrogens with zero attached hydrogens (tertiary/aromatic N) is 1. The molecule has 3 rings (SSSR count). The molecule has 28 heavy (non-hydrogen) atoms. The number of para-hydroxylation sites is 1. The largest absolute Gasteiger partial charge is 0.320 e. The van der Waals surface area contributed by atoms with Gasteiger partial charge < -0.3 is 5.32 Å². The standard InChI is InChI=1S/C25H28N2O/c1-3-21(4-2)22-14-16-27(17-15-22)19-25(28)26-24-13-9-8-12-23(24)18-20-10-6-5-7-11-20/h5-17,21H,3-4,18-19H2,1-2H3/p+1. The van der Waals surface area contributed by atoms with Crippen LogP contribution in [-0.2, 0) is 17.8 Å². The first kappa shape index (κ1) is 19.8. The van der Waals surface area contributed by atoms with Crippen molar-refractivity contribution >= 4 is 11.6 Å². The number of aromatic nitrogens is 1. The van der Waals surface area contributed by atoms with Gasteiger partial charge in [-0.1, -0.05) is 62.4 Å². The van der Waals surface area contributed by atoms with E-state index in [1.807, 2.05) is 53.4 Å². The van der Waals surface area contributed by atoms with Crippen LogP contribution in [0.25, 0.3) is 0 Å². The van der Waals surface area contributed by atoms with Crippen molar-refractivity contribution in [3.63, 3.8) is 0 Å². The van der Waals surface area contributed by atoms with Gasteiger partial charge in [-0.05, 0) is 47.9 Å². The van der Waals surface area contributed by atoms with Crippen molar-refractivity contribution in [1.29, 1.82) is 0 Å². The number of hydrogen-bond donors (Lipinski definition) is 1. The fourth-order valence-corrected chi connectivity index (χ4v) is 3.57. The SMILES string of the molecule is CCC(CC)c1cc[n+](CC(=O)Nc2ccccc2Cc2ccccc2)cc1. The van der Waals surface area contributed by atoms with Crippen molar-refractivity contribution in [2.24, 2.45) is 0 Å². The van der Waals surface area contributed by atoms with E-state index < -0.39 is 0 Å². The van der Waals surface area contributed by atoms with E-state index in [2.05, 4.69) is 49.5 Å². The Morgan fingerprint density at radius 3 is 2.21 bits per heavy atom. The van der Waals surface area contributed by atoms with Gasteiger partial charge in [0.2, 0.25) is 6.54 Å². The van der Waals surface area contributed by atoms with Crippen molar-refractivity contribution in [2.45, 2.75) is 45.6 Å². The molecule has 0 unspecified atom stereocenters. The van der Waals surface area contributed by atoms with Crippen LogP contribution in [0.3, 0.4) is 0 Å². The summed E-state index contributed by atoms with van der Waals surface area (Å²) in [5.74, 6) is 0.578. The third kappa shape index (κ3) is 5.29. The van der Waals surface area contributed by atoms with Crippen molar-refractivity contribution < 1.29 is 9.36 Å². The lowest BCUT2D eigenvalue weighted by molar-refractivity contribution is -0.684.